The average molecular weight is 265 g/mol. The first-order valence-electron chi connectivity index (χ1n) is 6.22. The lowest BCUT2D eigenvalue weighted by Crippen LogP contribution is -2.01. The summed E-state index contributed by atoms with van der Waals surface area (Å²) in [7, 11) is 0. The lowest BCUT2D eigenvalue weighted by molar-refractivity contribution is 0.636. The molecule has 1 aliphatic rings. The first-order valence-corrected chi connectivity index (χ1v) is 6.60. The Labute approximate surface area is 110 Å². The molecule has 4 heteroatoms. The highest BCUT2D eigenvalue weighted by Crippen LogP contribution is 2.41. The molecule has 0 atom stereocenters. The molecule has 18 heavy (non-hydrogen) atoms. The van der Waals surface area contributed by atoms with E-state index in [0.29, 0.717) is 16.5 Å². The van der Waals surface area contributed by atoms with Gasteiger partial charge in [0, 0.05) is 34.3 Å². The van der Waals surface area contributed by atoms with Crippen LogP contribution >= 0.6 is 11.6 Å². The molecule has 1 N–H and O–H groups in total. The van der Waals surface area contributed by atoms with E-state index in [2.05, 4.69) is 10.3 Å². The van der Waals surface area contributed by atoms with E-state index in [9.17, 15) is 4.39 Å². The van der Waals surface area contributed by atoms with Crippen LogP contribution < -0.4 is 5.32 Å². The standard InChI is InChI=1S/C14H14ClFN2/c1-2-17-13-7-12(8-3-4-8)18-14-10(13)5-9(15)6-11(14)16/h5-8H,2-4H2,1H3,(H,17,18). The molecule has 1 aromatic carbocycles. The van der Waals surface area contributed by atoms with Gasteiger partial charge in [0.15, 0.2) is 5.82 Å². The van der Waals surface area contributed by atoms with Crippen molar-refractivity contribution in [2.24, 2.45) is 0 Å². The fraction of sp³-hybridized carbons (Fsp3) is 0.357. The van der Waals surface area contributed by atoms with Gasteiger partial charge in [-0.2, -0.15) is 0 Å². The molecule has 0 bridgehead atoms. The number of hydrogen-bond acceptors (Lipinski definition) is 2. The summed E-state index contributed by atoms with van der Waals surface area (Å²) in [5.74, 6) is 0.154. The molecule has 94 valence electrons. The molecular weight excluding hydrogens is 251 g/mol. The highest BCUT2D eigenvalue weighted by atomic mass is 35.5. The molecule has 0 unspecified atom stereocenters. The number of nitrogens with one attached hydrogen (secondary N) is 1. The highest BCUT2D eigenvalue weighted by Gasteiger charge is 2.26. The predicted molar refractivity (Wildman–Crippen MR) is 72.8 cm³/mol. The van der Waals surface area contributed by atoms with Crippen molar-refractivity contribution in [1.82, 2.24) is 4.98 Å². The summed E-state index contributed by atoms with van der Waals surface area (Å²) >= 11 is 5.92. The van der Waals surface area contributed by atoms with Crippen molar-refractivity contribution >= 4 is 28.2 Å². The summed E-state index contributed by atoms with van der Waals surface area (Å²) in [6.07, 6.45) is 2.30. The molecule has 2 aromatic rings. The highest BCUT2D eigenvalue weighted by molar-refractivity contribution is 6.31. The summed E-state index contributed by atoms with van der Waals surface area (Å²) in [4.78, 5) is 4.45. The molecular formula is C14H14ClFN2. The minimum absolute atomic E-state index is 0.348. The third-order valence-electron chi connectivity index (χ3n) is 3.21. The Hall–Kier alpha value is -1.35. The Bertz CT molecular complexity index is 608. The molecule has 1 aromatic heterocycles. The van der Waals surface area contributed by atoms with Crippen LogP contribution in [-0.4, -0.2) is 11.5 Å². The van der Waals surface area contributed by atoms with Crippen molar-refractivity contribution in [2.75, 3.05) is 11.9 Å². The van der Waals surface area contributed by atoms with Gasteiger partial charge in [-0.15, -0.1) is 0 Å². The number of fused-ring (bicyclic) bond motifs is 1. The number of hydrogen-bond donors (Lipinski definition) is 1. The van der Waals surface area contributed by atoms with Crippen molar-refractivity contribution in [3.8, 4) is 0 Å². The van der Waals surface area contributed by atoms with Gasteiger partial charge in [0.05, 0.1) is 0 Å². The zero-order valence-electron chi connectivity index (χ0n) is 10.1. The van der Waals surface area contributed by atoms with Crippen LogP contribution in [0.2, 0.25) is 5.02 Å². The number of nitrogens with zero attached hydrogens (tertiary/aromatic N) is 1. The second-order valence-corrected chi connectivity index (χ2v) is 5.12. The second kappa shape index (κ2) is 4.39. The number of aromatic nitrogens is 1. The lowest BCUT2D eigenvalue weighted by atomic mass is 10.1. The maximum Gasteiger partial charge on any atom is 0.150 e. The van der Waals surface area contributed by atoms with Crippen molar-refractivity contribution in [1.29, 1.82) is 0 Å². The Morgan fingerprint density at radius 2 is 2.17 bits per heavy atom. The Morgan fingerprint density at radius 1 is 1.39 bits per heavy atom. The van der Waals surface area contributed by atoms with Crippen molar-refractivity contribution in [3.63, 3.8) is 0 Å². The van der Waals surface area contributed by atoms with Crippen LogP contribution in [0, 0.1) is 5.82 Å². The van der Waals surface area contributed by atoms with E-state index < -0.39 is 0 Å². The normalized spacial score (nSPS) is 15.1. The first kappa shape index (κ1) is 11.7. The minimum Gasteiger partial charge on any atom is -0.385 e. The third-order valence-corrected chi connectivity index (χ3v) is 3.43. The fourth-order valence-electron chi connectivity index (χ4n) is 2.20. The van der Waals surface area contributed by atoms with Gasteiger partial charge in [-0.05, 0) is 38.0 Å². The number of rotatable bonds is 3. The summed E-state index contributed by atoms with van der Waals surface area (Å²) in [5.41, 5.74) is 2.32. The van der Waals surface area contributed by atoms with Gasteiger partial charge in [0.1, 0.15) is 5.52 Å². The van der Waals surface area contributed by atoms with Crippen molar-refractivity contribution in [2.45, 2.75) is 25.7 Å². The molecule has 1 fully saturated rings. The largest absolute Gasteiger partial charge is 0.385 e. The van der Waals surface area contributed by atoms with Crippen LogP contribution in [0.4, 0.5) is 10.1 Å². The molecule has 1 heterocycles. The van der Waals surface area contributed by atoms with Gasteiger partial charge in [0.25, 0.3) is 0 Å². The summed E-state index contributed by atoms with van der Waals surface area (Å²) in [5, 5.41) is 4.42. The quantitative estimate of drug-likeness (QED) is 0.892. The van der Waals surface area contributed by atoms with E-state index in [1.54, 1.807) is 6.07 Å². The smallest absolute Gasteiger partial charge is 0.150 e. The second-order valence-electron chi connectivity index (χ2n) is 4.68. The molecule has 0 aliphatic heterocycles. The van der Waals surface area contributed by atoms with Crippen molar-refractivity contribution < 1.29 is 4.39 Å². The Kier molecular flexibility index (Phi) is 2.86. The molecule has 0 spiro atoms. The van der Waals surface area contributed by atoms with E-state index >= 15 is 0 Å². The van der Waals surface area contributed by atoms with Crippen LogP contribution in [0.1, 0.15) is 31.4 Å². The third kappa shape index (κ3) is 2.03. The van der Waals surface area contributed by atoms with Gasteiger partial charge in [-0.25, -0.2) is 9.37 Å². The zero-order chi connectivity index (χ0) is 12.7. The molecule has 0 amide bonds. The fourth-order valence-corrected chi connectivity index (χ4v) is 2.40. The summed E-state index contributed by atoms with van der Waals surface area (Å²) < 4.78 is 14.0. The number of benzene rings is 1. The van der Waals surface area contributed by atoms with E-state index in [-0.39, 0.29) is 5.82 Å². The molecule has 0 radical (unpaired) electrons. The maximum absolute atomic E-state index is 14.0. The van der Waals surface area contributed by atoms with E-state index in [1.807, 2.05) is 13.0 Å². The minimum atomic E-state index is -0.348. The van der Waals surface area contributed by atoms with E-state index in [4.69, 9.17) is 11.6 Å². The monoisotopic (exact) mass is 264 g/mol. The molecule has 1 aliphatic carbocycles. The SMILES string of the molecule is CCNc1cc(C2CC2)nc2c(F)cc(Cl)cc12. The van der Waals surface area contributed by atoms with Gasteiger partial charge >= 0.3 is 0 Å². The van der Waals surface area contributed by atoms with Gasteiger partial charge in [-0.1, -0.05) is 11.6 Å². The Morgan fingerprint density at radius 3 is 2.83 bits per heavy atom. The van der Waals surface area contributed by atoms with Crippen LogP contribution in [0.3, 0.4) is 0 Å². The van der Waals surface area contributed by atoms with E-state index in [1.165, 1.54) is 6.07 Å². The van der Waals surface area contributed by atoms with Gasteiger partial charge < -0.3 is 5.32 Å². The topological polar surface area (TPSA) is 24.9 Å². The van der Waals surface area contributed by atoms with Crippen molar-refractivity contribution in [3.05, 3.63) is 34.7 Å². The van der Waals surface area contributed by atoms with Crippen LogP contribution in [0.5, 0.6) is 0 Å². The number of anilines is 1. The van der Waals surface area contributed by atoms with Gasteiger partial charge in [-0.3, -0.25) is 0 Å². The molecule has 3 rings (SSSR count). The molecule has 2 nitrogen and oxygen atoms in total. The predicted octanol–water partition coefficient (Wildman–Crippen LogP) is 4.34. The lowest BCUT2D eigenvalue weighted by Gasteiger charge is -2.11. The van der Waals surface area contributed by atoms with Crippen LogP contribution in [0.15, 0.2) is 18.2 Å². The van der Waals surface area contributed by atoms with Crippen LogP contribution in [-0.2, 0) is 0 Å². The zero-order valence-corrected chi connectivity index (χ0v) is 10.9. The Balaban J connectivity index is 2.26. The van der Waals surface area contributed by atoms with Gasteiger partial charge in [0.2, 0.25) is 0 Å². The molecule has 0 saturated heterocycles. The first-order chi connectivity index (χ1) is 8.69. The summed E-state index contributed by atoms with van der Waals surface area (Å²) in [6.45, 7) is 2.81. The van der Waals surface area contributed by atoms with E-state index in [0.717, 1.165) is 36.2 Å². The maximum atomic E-state index is 14.0. The molecule has 1 saturated carbocycles. The summed E-state index contributed by atoms with van der Waals surface area (Å²) in [6, 6.07) is 5.12. The number of halogens is 2. The average Bonchev–Trinajstić information content (AvgIpc) is 3.14. The van der Waals surface area contributed by atoms with Crippen LogP contribution in [0.25, 0.3) is 10.9 Å². The number of pyridine rings is 1.